The Kier molecular flexibility index (Phi) is 4.69. The van der Waals surface area contributed by atoms with Gasteiger partial charge in [0.2, 0.25) is 15.9 Å². The average Bonchev–Trinajstić information content (AvgIpc) is 2.54. The molecule has 1 heterocycles. The lowest BCUT2D eigenvalue weighted by atomic mass is 10.1. The van der Waals surface area contributed by atoms with E-state index in [0.717, 1.165) is 11.2 Å². The van der Waals surface area contributed by atoms with Crippen LogP contribution < -0.4 is 15.4 Å². The zero-order valence-electron chi connectivity index (χ0n) is 13.2. The topological polar surface area (TPSA) is 104 Å². The van der Waals surface area contributed by atoms with Crippen molar-refractivity contribution in [1.29, 1.82) is 0 Å². The number of carbonyl (C=O) groups excluding carboxylic acids is 2. The summed E-state index contributed by atoms with van der Waals surface area (Å²) in [6, 6.07) is 11.4. The van der Waals surface area contributed by atoms with Crippen molar-refractivity contribution < 1.29 is 18.0 Å². The monoisotopic (exact) mass is 377 g/mol. The second-order valence-electron chi connectivity index (χ2n) is 5.45. The molecule has 0 radical (unpaired) electrons. The Morgan fingerprint density at radius 2 is 1.80 bits per heavy atom. The number of fused-ring (bicyclic) bond motifs is 1. The summed E-state index contributed by atoms with van der Waals surface area (Å²) in [6.45, 7) is 0. The van der Waals surface area contributed by atoms with Crippen molar-refractivity contribution in [1.82, 2.24) is 0 Å². The Morgan fingerprint density at radius 3 is 2.48 bits per heavy atom. The van der Waals surface area contributed by atoms with E-state index in [1.54, 1.807) is 42.5 Å². The van der Waals surface area contributed by atoms with E-state index in [9.17, 15) is 18.0 Å². The standard InChI is InChI=1S/C16H15N3O4S2/c1-25(22,23)19-12-5-3-11(4-6-12)17-16(21)10-2-7-14-13(8-10)18-15(20)9-24-14/h2-8,19H,9H2,1H3,(H,17,21)(H,18,20). The van der Waals surface area contributed by atoms with Gasteiger partial charge in [-0.2, -0.15) is 0 Å². The molecule has 1 aliphatic heterocycles. The number of sulfonamides is 1. The van der Waals surface area contributed by atoms with E-state index >= 15 is 0 Å². The van der Waals surface area contributed by atoms with Crippen LogP contribution >= 0.6 is 11.8 Å². The van der Waals surface area contributed by atoms with Gasteiger partial charge in [-0.25, -0.2) is 8.42 Å². The van der Waals surface area contributed by atoms with Gasteiger partial charge in [0.05, 0.1) is 17.7 Å². The highest BCUT2D eigenvalue weighted by atomic mass is 32.2. The average molecular weight is 377 g/mol. The van der Waals surface area contributed by atoms with Crippen molar-refractivity contribution in [3.8, 4) is 0 Å². The van der Waals surface area contributed by atoms with Crippen LogP contribution in [0.25, 0.3) is 0 Å². The molecule has 0 fully saturated rings. The van der Waals surface area contributed by atoms with Crippen LogP contribution in [0.5, 0.6) is 0 Å². The maximum absolute atomic E-state index is 12.4. The Morgan fingerprint density at radius 1 is 1.12 bits per heavy atom. The first-order valence-corrected chi connectivity index (χ1v) is 10.1. The van der Waals surface area contributed by atoms with Crippen LogP contribution in [0.2, 0.25) is 0 Å². The highest BCUT2D eigenvalue weighted by Crippen LogP contribution is 2.32. The smallest absolute Gasteiger partial charge is 0.255 e. The lowest BCUT2D eigenvalue weighted by Gasteiger charge is -2.17. The number of nitrogens with one attached hydrogen (secondary N) is 3. The minimum absolute atomic E-state index is 0.0935. The molecule has 0 unspecified atom stereocenters. The molecule has 25 heavy (non-hydrogen) atoms. The molecule has 130 valence electrons. The van der Waals surface area contributed by atoms with Crippen LogP contribution in [-0.4, -0.2) is 32.2 Å². The molecule has 3 N–H and O–H groups in total. The van der Waals surface area contributed by atoms with E-state index in [4.69, 9.17) is 0 Å². The number of hydrogen-bond acceptors (Lipinski definition) is 5. The quantitative estimate of drug-likeness (QED) is 0.759. The number of carbonyl (C=O) groups is 2. The summed E-state index contributed by atoms with van der Waals surface area (Å²) in [5, 5.41) is 5.47. The first kappa shape index (κ1) is 17.3. The molecule has 7 nitrogen and oxygen atoms in total. The molecule has 0 saturated carbocycles. The molecule has 0 spiro atoms. The molecule has 2 aromatic rings. The summed E-state index contributed by atoms with van der Waals surface area (Å²) >= 11 is 1.43. The predicted molar refractivity (Wildman–Crippen MR) is 98.7 cm³/mol. The maximum Gasteiger partial charge on any atom is 0.255 e. The molecular weight excluding hydrogens is 362 g/mol. The summed E-state index contributed by atoms with van der Waals surface area (Å²) in [5.41, 5.74) is 1.98. The molecule has 2 aromatic carbocycles. The zero-order chi connectivity index (χ0) is 18.0. The van der Waals surface area contributed by atoms with Crippen LogP contribution in [0, 0.1) is 0 Å². The van der Waals surface area contributed by atoms with Crippen LogP contribution in [0.3, 0.4) is 0 Å². The Balaban J connectivity index is 1.72. The van der Waals surface area contributed by atoms with Gasteiger partial charge in [0.1, 0.15) is 0 Å². The van der Waals surface area contributed by atoms with Gasteiger partial charge in [-0.3, -0.25) is 14.3 Å². The molecule has 3 rings (SSSR count). The van der Waals surface area contributed by atoms with Crippen molar-refractivity contribution in [3.05, 3.63) is 48.0 Å². The minimum Gasteiger partial charge on any atom is -0.324 e. The van der Waals surface area contributed by atoms with Crippen LogP contribution in [0.4, 0.5) is 17.1 Å². The summed E-state index contributed by atoms with van der Waals surface area (Å²) in [4.78, 5) is 24.7. The number of hydrogen-bond donors (Lipinski definition) is 3. The minimum atomic E-state index is -3.34. The van der Waals surface area contributed by atoms with Crippen molar-refractivity contribution in [3.63, 3.8) is 0 Å². The van der Waals surface area contributed by atoms with E-state index in [-0.39, 0.29) is 11.8 Å². The Labute approximate surface area is 149 Å². The van der Waals surface area contributed by atoms with Gasteiger partial charge in [-0.1, -0.05) is 0 Å². The van der Waals surface area contributed by atoms with E-state index in [1.807, 2.05) is 0 Å². The van der Waals surface area contributed by atoms with Gasteiger partial charge in [0.15, 0.2) is 0 Å². The molecule has 0 bridgehead atoms. The number of rotatable bonds is 4. The second-order valence-corrected chi connectivity index (χ2v) is 8.22. The number of amides is 2. The highest BCUT2D eigenvalue weighted by molar-refractivity contribution is 8.00. The zero-order valence-corrected chi connectivity index (χ0v) is 14.8. The predicted octanol–water partition coefficient (Wildman–Crippen LogP) is 2.35. The van der Waals surface area contributed by atoms with E-state index in [1.165, 1.54) is 11.8 Å². The molecule has 0 aliphatic carbocycles. The fraction of sp³-hybridized carbons (Fsp3) is 0.125. The maximum atomic E-state index is 12.4. The third kappa shape index (κ3) is 4.52. The number of benzene rings is 2. The Hall–Kier alpha value is -2.52. The van der Waals surface area contributed by atoms with Gasteiger partial charge in [0, 0.05) is 21.8 Å². The molecule has 0 saturated heterocycles. The normalized spacial score (nSPS) is 13.6. The van der Waals surface area contributed by atoms with Gasteiger partial charge in [-0.05, 0) is 42.5 Å². The van der Waals surface area contributed by atoms with E-state index in [0.29, 0.717) is 28.4 Å². The van der Waals surface area contributed by atoms with Crippen molar-refractivity contribution in [2.75, 3.05) is 27.4 Å². The number of anilines is 3. The largest absolute Gasteiger partial charge is 0.324 e. The summed E-state index contributed by atoms with van der Waals surface area (Å²) in [5.74, 6) is -0.0488. The first-order chi connectivity index (χ1) is 11.8. The highest BCUT2D eigenvalue weighted by Gasteiger charge is 2.17. The molecular formula is C16H15N3O4S2. The fourth-order valence-corrected chi connectivity index (χ4v) is 3.62. The lowest BCUT2D eigenvalue weighted by Crippen LogP contribution is -2.19. The van der Waals surface area contributed by atoms with Crippen LogP contribution in [0.1, 0.15) is 10.4 Å². The summed E-state index contributed by atoms with van der Waals surface area (Å²) in [6.07, 6.45) is 1.07. The lowest BCUT2D eigenvalue weighted by molar-refractivity contribution is -0.113. The molecule has 2 amide bonds. The number of thioether (sulfide) groups is 1. The van der Waals surface area contributed by atoms with Gasteiger partial charge < -0.3 is 10.6 Å². The van der Waals surface area contributed by atoms with Gasteiger partial charge >= 0.3 is 0 Å². The van der Waals surface area contributed by atoms with Crippen molar-refractivity contribution >= 4 is 50.7 Å². The van der Waals surface area contributed by atoms with Crippen molar-refractivity contribution in [2.45, 2.75) is 4.90 Å². The van der Waals surface area contributed by atoms with Gasteiger partial charge in [-0.15, -0.1) is 11.8 Å². The third-order valence-electron chi connectivity index (χ3n) is 3.32. The van der Waals surface area contributed by atoms with Crippen LogP contribution in [-0.2, 0) is 14.8 Å². The Bertz CT molecular complexity index is 940. The summed E-state index contributed by atoms with van der Waals surface area (Å²) < 4.78 is 24.7. The van der Waals surface area contributed by atoms with Crippen LogP contribution in [0.15, 0.2) is 47.4 Å². The molecule has 1 aliphatic rings. The van der Waals surface area contributed by atoms with E-state index < -0.39 is 10.0 Å². The van der Waals surface area contributed by atoms with E-state index in [2.05, 4.69) is 15.4 Å². The first-order valence-electron chi connectivity index (χ1n) is 7.26. The summed E-state index contributed by atoms with van der Waals surface area (Å²) in [7, 11) is -3.34. The molecule has 0 atom stereocenters. The molecule has 9 heteroatoms. The second kappa shape index (κ2) is 6.77. The van der Waals surface area contributed by atoms with Gasteiger partial charge in [0.25, 0.3) is 5.91 Å². The third-order valence-corrected chi connectivity index (χ3v) is 5.00. The fourth-order valence-electron chi connectivity index (χ4n) is 2.26. The molecule has 0 aromatic heterocycles. The SMILES string of the molecule is CS(=O)(=O)Nc1ccc(NC(=O)c2ccc3c(c2)NC(=O)CS3)cc1. The van der Waals surface area contributed by atoms with Crippen molar-refractivity contribution in [2.24, 2.45) is 0 Å².